The smallest absolute Gasteiger partial charge is 0.126 e. The summed E-state index contributed by atoms with van der Waals surface area (Å²) in [6, 6.07) is 9.09. The number of aromatic carboxylic acids is 1. The maximum Gasteiger partial charge on any atom is 0.126 e. The second-order valence-corrected chi connectivity index (χ2v) is 4.73. The van der Waals surface area contributed by atoms with Gasteiger partial charge < -0.3 is 9.90 Å². The van der Waals surface area contributed by atoms with Crippen LogP contribution in [0.1, 0.15) is 10.4 Å². The minimum atomic E-state index is -1.22. The van der Waals surface area contributed by atoms with Gasteiger partial charge in [0, 0.05) is 23.5 Å². The number of nitrogens with zero attached hydrogens (tertiary/aromatic N) is 2. The van der Waals surface area contributed by atoms with Crippen LogP contribution in [0.5, 0.6) is 0 Å². The molecule has 2 aromatic heterocycles. The van der Waals surface area contributed by atoms with Gasteiger partial charge >= 0.3 is 0 Å². The summed E-state index contributed by atoms with van der Waals surface area (Å²) in [6.07, 6.45) is 2.94. The Labute approximate surface area is 107 Å². The Morgan fingerprint density at radius 1 is 1.22 bits per heavy atom. The number of benzene rings is 1. The Morgan fingerprint density at radius 3 is 2.83 bits per heavy atom. The van der Waals surface area contributed by atoms with E-state index in [4.69, 9.17) is 0 Å². The molecule has 0 unspecified atom stereocenters. The number of thiazole rings is 1. The molecule has 0 aliphatic rings. The Bertz CT molecular complexity index is 703. The number of rotatable bonds is 2. The van der Waals surface area contributed by atoms with Crippen LogP contribution >= 0.6 is 11.3 Å². The topological polar surface area (TPSA) is 65.9 Å². The van der Waals surface area contributed by atoms with Gasteiger partial charge in [-0.15, -0.1) is 11.3 Å². The van der Waals surface area contributed by atoms with Crippen molar-refractivity contribution in [3.63, 3.8) is 0 Å². The zero-order chi connectivity index (χ0) is 12.5. The number of carbonyl (C=O) groups excluding carboxylic acids is 1. The van der Waals surface area contributed by atoms with Crippen molar-refractivity contribution in [2.45, 2.75) is 0 Å². The van der Waals surface area contributed by atoms with E-state index >= 15 is 0 Å². The largest absolute Gasteiger partial charge is 0.545 e. The summed E-state index contributed by atoms with van der Waals surface area (Å²) >= 11 is 1.44. The highest BCUT2D eigenvalue weighted by atomic mass is 32.1. The highest BCUT2D eigenvalue weighted by Crippen LogP contribution is 2.31. The van der Waals surface area contributed by atoms with Gasteiger partial charge in [0.2, 0.25) is 0 Å². The van der Waals surface area contributed by atoms with E-state index in [0.717, 1.165) is 10.2 Å². The average Bonchev–Trinajstić information content (AvgIpc) is 2.82. The lowest BCUT2D eigenvalue weighted by Crippen LogP contribution is -2.23. The molecule has 2 heterocycles. The van der Waals surface area contributed by atoms with E-state index < -0.39 is 5.97 Å². The third-order valence-corrected chi connectivity index (χ3v) is 3.63. The summed E-state index contributed by atoms with van der Waals surface area (Å²) in [5, 5.41) is 11.7. The summed E-state index contributed by atoms with van der Waals surface area (Å²) in [7, 11) is 0. The first-order valence-electron chi connectivity index (χ1n) is 5.27. The molecule has 88 valence electrons. The predicted octanol–water partition coefficient (Wildman–Crippen LogP) is 1.72. The van der Waals surface area contributed by atoms with Gasteiger partial charge in [-0.3, -0.25) is 4.98 Å². The Balaban J connectivity index is 2.23. The summed E-state index contributed by atoms with van der Waals surface area (Å²) in [5.41, 5.74) is 1.47. The number of pyridine rings is 1. The molecule has 4 nitrogen and oxygen atoms in total. The van der Waals surface area contributed by atoms with E-state index in [9.17, 15) is 9.90 Å². The highest BCUT2D eigenvalue weighted by molar-refractivity contribution is 7.21. The lowest BCUT2D eigenvalue weighted by Gasteiger charge is -2.06. The molecule has 5 heteroatoms. The monoisotopic (exact) mass is 255 g/mol. The van der Waals surface area contributed by atoms with E-state index in [1.165, 1.54) is 29.8 Å². The average molecular weight is 255 g/mol. The first kappa shape index (κ1) is 10.9. The van der Waals surface area contributed by atoms with Gasteiger partial charge in [-0.1, -0.05) is 12.1 Å². The Kier molecular flexibility index (Phi) is 2.53. The van der Waals surface area contributed by atoms with Gasteiger partial charge in [-0.2, -0.15) is 0 Å². The van der Waals surface area contributed by atoms with Crippen LogP contribution < -0.4 is 5.11 Å². The number of carbonyl (C=O) groups is 1. The molecule has 0 spiro atoms. The SMILES string of the molecule is O=C([O-])c1ccncc1-c1nc2ccccc2s1. The molecular weight excluding hydrogens is 248 g/mol. The van der Waals surface area contributed by atoms with Crippen molar-refractivity contribution in [2.24, 2.45) is 0 Å². The molecule has 0 fully saturated rings. The summed E-state index contributed by atoms with van der Waals surface area (Å²) < 4.78 is 1.01. The number of hydrogen-bond donors (Lipinski definition) is 0. The first-order valence-corrected chi connectivity index (χ1v) is 6.08. The van der Waals surface area contributed by atoms with Gasteiger partial charge in [0.25, 0.3) is 0 Å². The third kappa shape index (κ3) is 1.74. The summed E-state index contributed by atoms with van der Waals surface area (Å²) in [5.74, 6) is -1.22. The van der Waals surface area contributed by atoms with E-state index in [2.05, 4.69) is 9.97 Å². The summed E-state index contributed by atoms with van der Waals surface area (Å²) in [4.78, 5) is 19.4. The second kappa shape index (κ2) is 4.19. The quantitative estimate of drug-likeness (QED) is 0.699. The standard InChI is InChI=1S/C13H8N2O2S/c16-13(17)8-5-6-14-7-9(8)12-15-10-3-1-2-4-11(10)18-12/h1-7H,(H,16,17)/p-1. The first-order chi connectivity index (χ1) is 8.75. The Hall–Kier alpha value is -2.27. The van der Waals surface area contributed by atoms with Crippen molar-refractivity contribution in [1.82, 2.24) is 9.97 Å². The fourth-order valence-corrected chi connectivity index (χ4v) is 2.72. The fraction of sp³-hybridized carbons (Fsp3) is 0. The summed E-state index contributed by atoms with van der Waals surface area (Å²) in [6.45, 7) is 0. The van der Waals surface area contributed by atoms with Crippen LogP contribution in [0.25, 0.3) is 20.8 Å². The number of hydrogen-bond acceptors (Lipinski definition) is 5. The van der Waals surface area contributed by atoms with Crippen molar-refractivity contribution >= 4 is 27.5 Å². The number of aromatic nitrogens is 2. The van der Waals surface area contributed by atoms with Crippen LogP contribution in [0, 0.1) is 0 Å². The van der Waals surface area contributed by atoms with Crippen LogP contribution in [-0.2, 0) is 0 Å². The molecule has 0 aliphatic heterocycles. The minimum Gasteiger partial charge on any atom is -0.545 e. The number of carboxylic acid groups (broad SMARTS) is 1. The molecule has 0 amide bonds. The molecule has 1 aromatic carbocycles. The number of carboxylic acids is 1. The highest BCUT2D eigenvalue weighted by Gasteiger charge is 2.10. The maximum atomic E-state index is 11.0. The zero-order valence-electron chi connectivity index (χ0n) is 9.16. The minimum absolute atomic E-state index is 0.115. The van der Waals surface area contributed by atoms with Crippen LogP contribution in [0.3, 0.4) is 0 Å². The molecule has 18 heavy (non-hydrogen) atoms. The molecule has 0 atom stereocenters. The van der Waals surface area contributed by atoms with Gasteiger partial charge in [0.1, 0.15) is 5.01 Å². The van der Waals surface area contributed by atoms with Crippen molar-refractivity contribution < 1.29 is 9.90 Å². The molecule has 3 rings (SSSR count). The van der Waals surface area contributed by atoms with Crippen molar-refractivity contribution in [1.29, 1.82) is 0 Å². The van der Waals surface area contributed by atoms with E-state index in [1.807, 2.05) is 24.3 Å². The van der Waals surface area contributed by atoms with E-state index in [0.29, 0.717) is 10.6 Å². The zero-order valence-corrected chi connectivity index (χ0v) is 9.98. The van der Waals surface area contributed by atoms with Crippen LogP contribution in [0.4, 0.5) is 0 Å². The molecule has 0 bridgehead atoms. The molecular formula is C13H7N2O2S-. The van der Waals surface area contributed by atoms with Gasteiger partial charge in [-0.25, -0.2) is 4.98 Å². The lowest BCUT2D eigenvalue weighted by molar-refractivity contribution is -0.254. The lowest BCUT2D eigenvalue weighted by atomic mass is 10.1. The van der Waals surface area contributed by atoms with Gasteiger partial charge in [0.15, 0.2) is 0 Å². The molecule has 0 saturated carbocycles. The number of fused-ring (bicyclic) bond motifs is 1. The second-order valence-electron chi connectivity index (χ2n) is 3.70. The van der Waals surface area contributed by atoms with Crippen LogP contribution in [-0.4, -0.2) is 15.9 Å². The van der Waals surface area contributed by atoms with E-state index in [-0.39, 0.29) is 5.56 Å². The molecule has 0 N–H and O–H groups in total. The Morgan fingerprint density at radius 2 is 2.06 bits per heavy atom. The molecule has 0 saturated heterocycles. The fourth-order valence-electron chi connectivity index (χ4n) is 1.73. The van der Waals surface area contributed by atoms with Crippen molar-refractivity contribution in [2.75, 3.05) is 0 Å². The van der Waals surface area contributed by atoms with Crippen LogP contribution in [0.15, 0.2) is 42.7 Å². The van der Waals surface area contributed by atoms with Crippen molar-refractivity contribution in [3.05, 3.63) is 48.3 Å². The molecule has 0 aliphatic carbocycles. The van der Waals surface area contributed by atoms with Gasteiger partial charge in [0.05, 0.1) is 16.2 Å². The van der Waals surface area contributed by atoms with Crippen molar-refractivity contribution in [3.8, 4) is 10.6 Å². The van der Waals surface area contributed by atoms with Crippen LogP contribution in [0.2, 0.25) is 0 Å². The third-order valence-electron chi connectivity index (χ3n) is 2.57. The van der Waals surface area contributed by atoms with E-state index in [1.54, 1.807) is 0 Å². The van der Waals surface area contributed by atoms with Gasteiger partial charge in [-0.05, 0) is 18.2 Å². The molecule has 3 aromatic rings. The normalized spacial score (nSPS) is 10.7. The molecule has 0 radical (unpaired) electrons. The maximum absolute atomic E-state index is 11.0. The predicted molar refractivity (Wildman–Crippen MR) is 67.2 cm³/mol. The number of para-hydroxylation sites is 1.